The number of aryl methyl sites for hydroxylation is 2. The second-order valence-electron chi connectivity index (χ2n) is 9.77. The van der Waals surface area contributed by atoms with Gasteiger partial charge >= 0.3 is 0 Å². The van der Waals surface area contributed by atoms with Crippen LogP contribution >= 0.6 is 0 Å². The molecule has 188 valence electrons. The van der Waals surface area contributed by atoms with Crippen LogP contribution in [0.3, 0.4) is 0 Å². The van der Waals surface area contributed by atoms with Gasteiger partial charge in [-0.15, -0.1) is 0 Å². The molecule has 0 bridgehead atoms. The Morgan fingerprint density at radius 3 is 2.23 bits per heavy atom. The van der Waals surface area contributed by atoms with Gasteiger partial charge in [-0.1, -0.05) is 42.3 Å². The largest absolute Gasteiger partial charge is 0.325 e. The number of benzene rings is 2. The fourth-order valence-corrected chi connectivity index (χ4v) is 6.39. The molecule has 35 heavy (non-hydrogen) atoms. The predicted octanol–water partition coefficient (Wildman–Crippen LogP) is 4.01. The van der Waals surface area contributed by atoms with Crippen molar-refractivity contribution in [3.63, 3.8) is 0 Å². The SMILES string of the molecule is Cc1ccc(C(=O)C2CCN(CC(=O)Nc3cc(S(=O)(=O)N4CCCCC4)ccc3C)CC2)cc1. The van der Waals surface area contributed by atoms with Gasteiger partial charge in [0.05, 0.1) is 11.4 Å². The van der Waals surface area contributed by atoms with Crippen molar-refractivity contribution in [2.45, 2.75) is 50.8 Å². The van der Waals surface area contributed by atoms with Gasteiger partial charge in [-0.2, -0.15) is 4.31 Å². The van der Waals surface area contributed by atoms with E-state index in [1.54, 1.807) is 18.2 Å². The first-order valence-electron chi connectivity index (χ1n) is 12.5. The van der Waals surface area contributed by atoms with Crippen LogP contribution in [0.25, 0.3) is 0 Å². The summed E-state index contributed by atoms with van der Waals surface area (Å²) in [5.41, 5.74) is 3.23. The Labute approximate surface area is 208 Å². The lowest BCUT2D eigenvalue weighted by molar-refractivity contribution is -0.117. The first kappa shape index (κ1) is 25.5. The maximum Gasteiger partial charge on any atom is 0.243 e. The molecule has 0 unspecified atom stereocenters. The first-order chi connectivity index (χ1) is 16.7. The van der Waals surface area contributed by atoms with Crippen LogP contribution in [-0.4, -0.2) is 62.0 Å². The Hall–Kier alpha value is -2.55. The van der Waals surface area contributed by atoms with E-state index in [4.69, 9.17) is 0 Å². The molecular formula is C27H35N3O4S. The fourth-order valence-electron chi connectivity index (χ4n) is 4.85. The third-order valence-electron chi connectivity index (χ3n) is 7.10. The number of ketones is 1. The Bertz CT molecular complexity index is 1160. The molecule has 2 aliphatic heterocycles. The number of hydrogen-bond acceptors (Lipinski definition) is 5. The predicted molar refractivity (Wildman–Crippen MR) is 137 cm³/mol. The third kappa shape index (κ3) is 6.18. The second kappa shape index (κ2) is 11.0. The van der Waals surface area contributed by atoms with Gasteiger partial charge in [-0.3, -0.25) is 14.5 Å². The highest BCUT2D eigenvalue weighted by Gasteiger charge is 2.28. The molecular weight excluding hydrogens is 462 g/mol. The highest BCUT2D eigenvalue weighted by molar-refractivity contribution is 7.89. The molecule has 0 spiro atoms. The van der Waals surface area contributed by atoms with Crippen molar-refractivity contribution in [2.75, 3.05) is 38.0 Å². The van der Waals surface area contributed by atoms with Crippen LogP contribution < -0.4 is 5.32 Å². The molecule has 4 rings (SSSR count). The number of amides is 1. The van der Waals surface area contributed by atoms with Gasteiger partial charge in [0.1, 0.15) is 0 Å². The zero-order chi connectivity index (χ0) is 25.0. The quantitative estimate of drug-likeness (QED) is 0.584. The number of piperidine rings is 2. The molecule has 2 heterocycles. The van der Waals surface area contributed by atoms with Crippen LogP contribution in [0, 0.1) is 19.8 Å². The summed E-state index contributed by atoms with van der Waals surface area (Å²) in [7, 11) is -3.56. The van der Waals surface area contributed by atoms with Crippen LogP contribution in [0.5, 0.6) is 0 Å². The Morgan fingerprint density at radius 1 is 0.914 bits per heavy atom. The van der Waals surface area contributed by atoms with E-state index in [2.05, 4.69) is 10.2 Å². The number of hydrogen-bond donors (Lipinski definition) is 1. The molecule has 2 saturated heterocycles. The Kier molecular flexibility index (Phi) is 8.04. The van der Waals surface area contributed by atoms with Gasteiger partial charge < -0.3 is 5.32 Å². The van der Waals surface area contributed by atoms with E-state index < -0.39 is 10.0 Å². The number of sulfonamides is 1. The van der Waals surface area contributed by atoms with E-state index in [1.807, 2.05) is 38.1 Å². The molecule has 1 amide bonds. The highest BCUT2D eigenvalue weighted by Crippen LogP contribution is 2.26. The summed E-state index contributed by atoms with van der Waals surface area (Å²) < 4.78 is 27.6. The normalized spacial score (nSPS) is 18.3. The van der Waals surface area contributed by atoms with Crippen molar-refractivity contribution in [1.29, 1.82) is 0 Å². The number of likely N-dealkylation sites (tertiary alicyclic amines) is 1. The summed E-state index contributed by atoms with van der Waals surface area (Å²) in [5.74, 6) is -0.0173. The first-order valence-corrected chi connectivity index (χ1v) is 13.9. The van der Waals surface area contributed by atoms with Crippen LogP contribution in [-0.2, 0) is 14.8 Å². The molecule has 2 aromatic rings. The molecule has 8 heteroatoms. The van der Waals surface area contributed by atoms with E-state index in [0.717, 1.165) is 48.8 Å². The van der Waals surface area contributed by atoms with E-state index >= 15 is 0 Å². The molecule has 0 radical (unpaired) electrons. The minimum Gasteiger partial charge on any atom is -0.325 e. The summed E-state index contributed by atoms with van der Waals surface area (Å²) in [4.78, 5) is 27.9. The maximum atomic E-state index is 13.0. The summed E-state index contributed by atoms with van der Waals surface area (Å²) in [5, 5.41) is 2.91. The second-order valence-corrected chi connectivity index (χ2v) is 11.7. The highest BCUT2D eigenvalue weighted by atomic mass is 32.2. The van der Waals surface area contributed by atoms with Crippen LogP contribution in [0.2, 0.25) is 0 Å². The van der Waals surface area contributed by atoms with Gasteiger partial charge in [0.15, 0.2) is 5.78 Å². The monoisotopic (exact) mass is 497 g/mol. The van der Waals surface area contributed by atoms with E-state index in [1.165, 1.54) is 4.31 Å². The lowest BCUT2D eigenvalue weighted by Gasteiger charge is -2.30. The van der Waals surface area contributed by atoms with Crippen LogP contribution in [0.4, 0.5) is 5.69 Å². The van der Waals surface area contributed by atoms with Crippen molar-refractivity contribution < 1.29 is 18.0 Å². The molecule has 0 aliphatic carbocycles. The minimum atomic E-state index is -3.56. The van der Waals surface area contributed by atoms with Gasteiger partial charge in [0.2, 0.25) is 15.9 Å². The number of nitrogens with zero attached hydrogens (tertiary/aromatic N) is 2. The maximum absolute atomic E-state index is 13.0. The number of rotatable bonds is 7. The number of carbonyl (C=O) groups is 2. The minimum absolute atomic E-state index is 0.0177. The van der Waals surface area contributed by atoms with Crippen molar-refractivity contribution in [3.8, 4) is 0 Å². The molecule has 2 aliphatic rings. The summed E-state index contributed by atoms with van der Waals surface area (Å²) >= 11 is 0. The van der Waals surface area contributed by atoms with Gasteiger partial charge in [-0.05, 0) is 70.3 Å². The van der Waals surface area contributed by atoms with Crippen LogP contribution in [0.15, 0.2) is 47.4 Å². The molecule has 0 saturated carbocycles. The summed E-state index contributed by atoms with van der Waals surface area (Å²) in [6, 6.07) is 12.6. The van der Waals surface area contributed by atoms with Gasteiger partial charge in [0.25, 0.3) is 0 Å². The average Bonchev–Trinajstić information content (AvgIpc) is 2.86. The zero-order valence-electron chi connectivity index (χ0n) is 20.6. The van der Waals surface area contributed by atoms with E-state index in [-0.39, 0.29) is 29.0 Å². The molecule has 2 aromatic carbocycles. The average molecular weight is 498 g/mol. The van der Waals surface area contributed by atoms with Crippen molar-refractivity contribution in [3.05, 3.63) is 59.2 Å². The standard InChI is InChI=1S/C27H35N3O4S/c1-20-6-9-22(10-7-20)27(32)23-12-16-29(17-13-23)19-26(31)28-25-18-24(11-8-21(25)2)35(33,34)30-14-4-3-5-15-30/h6-11,18,23H,3-5,12-17,19H2,1-2H3,(H,28,31). The Morgan fingerprint density at radius 2 is 1.57 bits per heavy atom. The molecule has 2 fully saturated rings. The molecule has 7 nitrogen and oxygen atoms in total. The smallest absolute Gasteiger partial charge is 0.243 e. The molecule has 1 N–H and O–H groups in total. The lowest BCUT2D eigenvalue weighted by Crippen LogP contribution is -2.40. The van der Waals surface area contributed by atoms with E-state index in [0.29, 0.717) is 31.9 Å². The topological polar surface area (TPSA) is 86.8 Å². The number of anilines is 1. The van der Waals surface area contributed by atoms with Crippen LogP contribution in [0.1, 0.15) is 53.6 Å². The van der Waals surface area contributed by atoms with Crippen molar-refractivity contribution in [2.24, 2.45) is 5.92 Å². The van der Waals surface area contributed by atoms with Gasteiger partial charge in [-0.25, -0.2) is 8.42 Å². The number of carbonyl (C=O) groups excluding carboxylic acids is 2. The van der Waals surface area contributed by atoms with E-state index in [9.17, 15) is 18.0 Å². The summed E-state index contributed by atoms with van der Waals surface area (Å²) in [6.07, 6.45) is 4.26. The van der Waals surface area contributed by atoms with Gasteiger partial charge in [0, 0.05) is 30.3 Å². The number of nitrogens with one attached hydrogen (secondary N) is 1. The molecule has 0 atom stereocenters. The third-order valence-corrected chi connectivity index (χ3v) is 8.99. The van der Waals surface area contributed by atoms with Crippen molar-refractivity contribution in [1.82, 2.24) is 9.21 Å². The summed E-state index contributed by atoms with van der Waals surface area (Å²) in [6.45, 7) is 6.52. The Balaban J connectivity index is 1.33. The number of Topliss-reactive ketones (excluding diaryl/α,β-unsaturated/α-hetero) is 1. The van der Waals surface area contributed by atoms with Crippen molar-refractivity contribution >= 4 is 27.4 Å². The lowest BCUT2D eigenvalue weighted by atomic mass is 9.88. The fraction of sp³-hybridized carbons (Fsp3) is 0.481. The zero-order valence-corrected chi connectivity index (χ0v) is 21.4. The molecule has 0 aromatic heterocycles.